The predicted molar refractivity (Wildman–Crippen MR) is 44.3 cm³/mol. The maximum Gasteiger partial charge on any atom is 0.158 e. The summed E-state index contributed by atoms with van der Waals surface area (Å²) >= 11 is 0. The van der Waals surface area contributed by atoms with Crippen molar-refractivity contribution in [3.63, 3.8) is 0 Å². The molecule has 0 amide bonds. The molecule has 0 spiro atoms. The lowest BCUT2D eigenvalue weighted by Gasteiger charge is -2.19. The van der Waals surface area contributed by atoms with E-state index >= 15 is 0 Å². The normalized spacial score (nSPS) is 13.9. The second kappa shape index (κ2) is 6.54. The van der Waals surface area contributed by atoms with Gasteiger partial charge < -0.3 is 20.5 Å². The Kier molecular flexibility index (Phi) is 6.45. The molecular weight excluding hydrogens is 144 g/mol. The lowest BCUT2D eigenvalue weighted by Crippen LogP contribution is -2.37. The minimum atomic E-state index is -0.156. The average Bonchev–Trinajstić information content (AvgIpc) is 2.07. The van der Waals surface area contributed by atoms with Gasteiger partial charge in [-0.15, -0.1) is 0 Å². The molecule has 1 unspecified atom stereocenters. The molecule has 0 fully saturated rings. The van der Waals surface area contributed by atoms with Crippen LogP contribution in [0.4, 0.5) is 0 Å². The molecule has 0 aliphatic heterocycles. The molecule has 3 N–H and O–H groups in total. The van der Waals surface area contributed by atoms with Crippen molar-refractivity contribution < 1.29 is 9.47 Å². The van der Waals surface area contributed by atoms with Crippen LogP contribution < -0.4 is 11.1 Å². The summed E-state index contributed by atoms with van der Waals surface area (Å²) in [6, 6.07) is 0.264. The van der Waals surface area contributed by atoms with Crippen LogP contribution in [0.15, 0.2) is 0 Å². The van der Waals surface area contributed by atoms with Crippen LogP contribution in [0.5, 0.6) is 0 Å². The zero-order valence-corrected chi connectivity index (χ0v) is 7.46. The van der Waals surface area contributed by atoms with Gasteiger partial charge in [-0.3, -0.25) is 0 Å². The van der Waals surface area contributed by atoms with Crippen molar-refractivity contribution in [3.05, 3.63) is 0 Å². The molecular formula is C7H18N2O2. The van der Waals surface area contributed by atoms with E-state index in [1.165, 1.54) is 0 Å². The van der Waals surface area contributed by atoms with Crippen LogP contribution in [0.1, 0.15) is 6.42 Å². The molecule has 0 rings (SSSR count). The molecule has 0 saturated heterocycles. The van der Waals surface area contributed by atoms with Gasteiger partial charge in [-0.25, -0.2) is 0 Å². The van der Waals surface area contributed by atoms with Crippen LogP contribution in [0.2, 0.25) is 0 Å². The van der Waals surface area contributed by atoms with Crippen molar-refractivity contribution in [2.24, 2.45) is 5.73 Å². The summed E-state index contributed by atoms with van der Waals surface area (Å²) < 4.78 is 10.0. The summed E-state index contributed by atoms with van der Waals surface area (Å²) in [7, 11) is 5.12. The van der Waals surface area contributed by atoms with Crippen LogP contribution in [0.25, 0.3) is 0 Å². The van der Waals surface area contributed by atoms with Crippen molar-refractivity contribution in [1.29, 1.82) is 0 Å². The molecule has 0 radical (unpaired) electrons. The van der Waals surface area contributed by atoms with Gasteiger partial charge in [0.2, 0.25) is 0 Å². The van der Waals surface area contributed by atoms with E-state index in [2.05, 4.69) is 5.32 Å². The molecule has 0 saturated carbocycles. The third-order valence-electron chi connectivity index (χ3n) is 1.70. The van der Waals surface area contributed by atoms with Gasteiger partial charge in [0.1, 0.15) is 0 Å². The molecule has 0 aliphatic carbocycles. The Morgan fingerprint density at radius 2 is 1.91 bits per heavy atom. The fraction of sp³-hybridized carbons (Fsp3) is 1.00. The van der Waals surface area contributed by atoms with E-state index in [4.69, 9.17) is 15.2 Å². The van der Waals surface area contributed by atoms with E-state index < -0.39 is 0 Å². The van der Waals surface area contributed by atoms with Crippen molar-refractivity contribution in [2.45, 2.75) is 18.8 Å². The summed E-state index contributed by atoms with van der Waals surface area (Å²) in [4.78, 5) is 0. The highest BCUT2D eigenvalue weighted by molar-refractivity contribution is 4.66. The quantitative estimate of drug-likeness (QED) is 0.519. The first kappa shape index (κ1) is 10.8. The van der Waals surface area contributed by atoms with Gasteiger partial charge in [0.05, 0.1) is 0 Å². The third kappa shape index (κ3) is 4.31. The second-order valence-electron chi connectivity index (χ2n) is 2.36. The van der Waals surface area contributed by atoms with E-state index in [0.717, 1.165) is 6.42 Å². The van der Waals surface area contributed by atoms with Gasteiger partial charge >= 0.3 is 0 Å². The Bertz CT molecular complexity index is 72.5. The Morgan fingerprint density at radius 1 is 1.36 bits per heavy atom. The topological polar surface area (TPSA) is 56.5 Å². The smallest absolute Gasteiger partial charge is 0.158 e. The lowest BCUT2D eigenvalue weighted by molar-refractivity contribution is -0.110. The molecule has 0 heterocycles. The van der Waals surface area contributed by atoms with Gasteiger partial charge in [0.15, 0.2) is 6.29 Å². The van der Waals surface area contributed by atoms with Crippen LogP contribution in [0.3, 0.4) is 0 Å². The van der Waals surface area contributed by atoms with Gasteiger partial charge in [-0.05, 0) is 7.05 Å². The fourth-order valence-electron chi connectivity index (χ4n) is 0.853. The van der Waals surface area contributed by atoms with Crippen LogP contribution >= 0.6 is 0 Å². The van der Waals surface area contributed by atoms with E-state index in [1.807, 2.05) is 7.05 Å². The minimum absolute atomic E-state index is 0.156. The Hall–Kier alpha value is -0.160. The molecule has 0 aliphatic rings. The van der Waals surface area contributed by atoms with Gasteiger partial charge in [0, 0.05) is 33.2 Å². The number of ether oxygens (including phenoxy) is 2. The molecule has 4 nitrogen and oxygen atoms in total. The molecule has 0 aromatic heterocycles. The highest BCUT2D eigenvalue weighted by Crippen LogP contribution is 2.00. The molecule has 1 atom stereocenters. The Balaban J connectivity index is 3.58. The number of nitrogens with one attached hydrogen (secondary N) is 1. The SMILES string of the molecule is CNC(CN)CC(OC)OC. The number of hydrogen-bond acceptors (Lipinski definition) is 4. The minimum Gasteiger partial charge on any atom is -0.356 e. The maximum absolute atomic E-state index is 5.47. The monoisotopic (exact) mass is 162 g/mol. The third-order valence-corrected chi connectivity index (χ3v) is 1.70. The number of rotatable bonds is 6. The van der Waals surface area contributed by atoms with E-state index in [-0.39, 0.29) is 12.3 Å². The standard InChI is InChI=1S/C7H18N2O2/c1-9-6(5-8)4-7(10-2)11-3/h6-7,9H,4-5,8H2,1-3H3. The second-order valence-corrected chi connectivity index (χ2v) is 2.36. The average molecular weight is 162 g/mol. The van der Waals surface area contributed by atoms with Crippen molar-refractivity contribution in [3.8, 4) is 0 Å². The predicted octanol–water partition coefficient (Wildman–Crippen LogP) is -0.458. The lowest BCUT2D eigenvalue weighted by atomic mass is 10.2. The van der Waals surface area contributed by atoms with Crippen molar-refractivity contribution in [1.82, 2.24) is 5.32 Å². The molecule has 4 heteroatoms. The molecule has 0 aromatic carbocycles. The van der Waals surface area contributed by atoms with Gasteiger partial charge in [-0.1, -0.05) is 0 Å². The number of hydrogen-bond donors (Lipinski definition) is 2. The fourth-order valence-corrected chi connectivity index (χ4v) is 0.853. The molecule has 0 bridgehead atoms. The Morgan fingerprint density at radius 3 is 2.18 bits per heavy atom. The summed E-state index contributed by atoms with van der Waals surface area (Å²) in [6.45, 7) is 0.597. The summed E-state index contributed by atoms with van der Waals surface area (Å²) in [5.41, 5.74) is 5.47. The zero-order valence-electron chi connectivity index (χ0n) is 7.46. The number of likely N-dealkylation sites (N-methyl/N-ethyl adjacent to an activating group) is 1. The number of nitrogens with two attached hydrogens (primary N) is 1. The van der Waals surface area contributed by atoms with Crippen LogP contribution in [0, 0.1) is 0 Å². The van der Waals surface area contributed by atoms with E-state index in [0.29, 0.717) is 6.54 Å². The first-order valence-electron chi connectivity index (χ1n) is 3.71. The Labute approximate surface area is 68.0 Å². The highest BCUT2D eigenvalue weighted by Gasteiger charge is 2.11. The van der Waals surface area contributed by atoms with E-state index in [9.17, 15) is 0 Å². The van der Waals surface area contributed by atoms with Gasteiger partial charge in [-0.2, -0.15) is 0 Å². The maximum atomic E-state index is 5.47. The van der Waals surface area contributed by atoms with Crippen LogP contribution in [-0.4, -0.2) is 40.1 Å². The zero-order chi connectivity index (χ0) is 8.69. The molecule has 0 aromatic rings. The molecule has 11 heavy (non-hydrogen) atoms. The molecule has 68 valence electrons. The summed E-state index contributed by atoms with van der Waals surface area (Å²) in [6.07, 6.45) is 0.621. The van der Waals surface area contributed by atoms with Gasteiger partial charge in [0.25, 0.3) is 0 Å². The van der Waals surface area contributed by atoms with Crippen LogP contribution in [-0.2, 0) is 9.47 Å². The summed E-state index contributed by atoms with van der Waals surface area (Å²) in [5, 5.41) is 3.07. The highest BCUT2D eigenvalue weighted by atomic mass is 16.7. The first-order chi connectivity index (χ1) is 5.28. The van der Waals surface area contributed by atoms with Crippen molar-refractivity contribution >= 4 is 0 Å². The summed E-state index contributed by atoms with van der Waals surface area (Å²) in [5.74, 6) is 0. The largest absolute Gasteiger partial charge is 0.356 e. The van der Waals surface area contributed by atoms with Crippen molar-refractivity contribution in [2.75, 3.05) is 27.8 Å². The van der Waals surface area contributed by atoms with E-state index in [1.54, 1.807) is 14.2 Å². The first-order valence-corrected chi connectivity index (χ1v) is 3.71. The number of methoxy groups -OCH3 is 2.